The molecule has 9 nitrogen and oxygen atoms in total. The summed E-state index contributed by atoms with van der Waals surface area (Å²) >= 11 is 1.59. The van der Waals surface area contributed by atoms with Gasteiger partial charge in [0.25, 0.3) is 5.91 Å². The maximum atomic E-state index is 12.4. The Hall–Kier alpha value is -2.85. The van der Waals surface area contributed by atoms with Crippen LogP contribution in [0.5, 0.6) is 5.75 Å². The van der Waals surface area contributed by atoms with E-state index in [2.05, 4.69) is 34.6 Å². The Kier molecular flexibility index (Phi) is 8.07. The first-order valence-corrected chi connectivity index (χ1v) is 10.9. The molecule has 3 rings (SSSR count). The molecule has 0 aliphatic rings. The van der Waals surface area contributed by atoms with E-state index in [-0.39, 0.29) is 5.91 Å². The van der Waals surface area contributed by atoms with Gasteiger partial charge in [-0.05, 0) is 24.3 Å². The topological polar surface area (TPSA) is 103 Å². The van der Waals surface area contributed by atoms with E-state index < -0.39 is 0 Å². The number of fused-ring (bicyclic) bond motifs is 1. The van der Waals surface area contributed by atoms with Gasteiger partial charge in [0.05, 0.1) is 31.8 Å². The third kappa shape index (κ3) is 6.08. The number of rotatable bonds is 11. The molecule has 0 aliphatic heterocycles. The van der Waals surface area contributed by atoms with Crippen molar-refractivity contribution >= 4 is 34.5 Å². The summed E-state index contributed by atoms with van der Waals surface area (Å²) in [7, 11) is 3.26. The summed E-state index contributed by atoms with van der Waals surface area (Å²) in [5, 5.41) is 12.6. The Bertz CT molecular complexity index is 1010. The van der Waals surface area contributed by atoms with E-state index >= 15 is 0 Å². The molecule has 31 heavy (non-hydrogen) atoms. The number of thioether (sulfide) groups is 1. The SMILES string of the molecule is COCCNc1nc(SC(C)C)nc2c1cnn2CCNC(=O)c1ccc(OC)cc1. The number of aromatic nitrogens is 4. The van der Waals surface area contributed by atoms with Crippen LogP contribution >= 0.6 is 11.8 Å². The highest BCUT2D eigenvalue weighted by atomic mass is 32.2. The molecule has 0 aliphatic carbocycles. The molecule has 1 aromatic carbocycles. The van der Waals surface area contributed by atoms with Gasteiger partial charge in [0.1, 0.15) is 11.6 Å². The van der Waals surface area contributed by atoms with Gasteiger partial charge in [-0.15, -0.1) is 0 Å². The van der Waals surface area contributed by atoms with Crippen LogP contribution in [0.25, 0.3) is 11.0 Å². The molecule has 2 N–H and O–H groups in total. The van der Waals surface area contributed by atoms with Crippen LogP contribution in [-0.4, -0.2) is 64.8 Å². The zero-order chi connectivity index (χ0) is 22.2. The fourth-order valence-corrected chi connectivity index (χ4v) is 3.59. The monoisotopic (exact) mass is 444 g/mol. The summed E-state index contributed by atoms with van der Waals surface area (Å²) in [6.07, 6.45) is 1.75. The molecule has 166 valence electrons. The number of benzene rings is 1. The number of hydrogen-bond donors (Lipinski definition) is 2. The average molecular weight is 445 g/mol. The van der Waals surface area contributed by atoms with Crippen molar-refractivity contribution in [2.75, 3.05) is 39.2 Å². The number of hydrogen-bond acceptors (Lipinski definition) is 8. The van der Waals surface area contributed by atoms with Crippen molar-refractivity contribution in [3.8, 4) is 5.75 Å². The molecule has 0 saturated heterocycles. The van der Waals surface area contributed by atoms with Gasteiger partial charge >= 0.3 is 0 Å². The first-order chi connectivity index (χ1) is 15.0. The van der Waals surface area contributed by atoms with Gasteiger partial charge in [-0.2, -0.15) is 5.10 Å². The summed E-state index contributed by atoms with van der Waals surface area (Å²) in [5.74, 6) is 1.30. The van der Waals surface area contributed by atoms with Gasteiger partial charge in [0.2, 0.25) is 0 Å². The number of nitrogens with zero attached hydrogens (tertiary/aromatic N) is 4. The molecule has 0 atom stereocenters. The van der Waals surface area contributed by atoms with Crippen molar-refractivity contribution in [2.45, 2.75) is 30.8 Å². The number of methoxy groups -OCH3 is 2. The van der Waals surface area contributed by atoms with E-state index in [0.29, 0.717) is 48.0 Å². The van der Waals surface area contributed by atoms with E-state index in [4.69, 9.17) is 14.5 Å². The second-order valence-corrected chi connectivity index (χ2v) is 8.57. The smallest absolute Gasteiger partial charge is 0.251 e. The molecule has 0 fully saturated rings. The minimum Gasteiger partial charge on any atom is -0.497 e. The molecule has 0 radical (unpaired) electrons. The molecule has 0 spiro atoms. The molecule has 2 heterocycles. The fourth-order valence-electron chi connectivity index (χ4n) is 2.89. The Morgan fingerprint density at radius 2 is 1.94 bits per heavy atom. The number of anilines is 1. The lowest BCUT2D eigenvalue weighted by Crippen LogP contribution is -2.27. The van der Waals surface area contributed by atoms with Crippen LogP contribution in [0.3, 0.4) is 0 Å². The Morgan fingerprint density at radius 3 is 2.61 bits per heavy atom. The fraction of sp³-hybridized carbons (Fsp3) is 0.429. The van der Waals surface area contributed by atoms with Crippen LogP contribution in [-0.2, 0) is 11.3 Å². The Morgan fingerprint density at radius 1 is 1.16 bits per heavy atom. The predicted molar refractivity (Wildman–Crippen MR) is 122 cm³/mol. The van der Waals surface area contributed by atoms with Crippen molar-refractivity contribution in [1.82, 2.24) is 25.1 Å². The Balaban J connectivity index is 1.72. The summed E-state index contributed by atoms with van der Waals surface area (Å²) < 4.78 is 12.0. The molecule has 3 aromatic rings. The highest BCUT2D eigenvalue weighted by Gasteiger charge is 2.14. The van der Waals surface area contributed by atoms with E-state index in [1.54, 1.807) is 61.1 Å². The minimum atomic E-state index is -0.147. The number of ether oxygens (including phenoxy) is 2. The lowest BCUT2D eigenvalue weighted by Gasteiger charge is -2.11. The van der Waals surface area contributed by atoms with Gasteiger partial charge in [-0.25, -0.2) is 14.6 Å². The van der Waals surface area contributed by atoms with Crippen LogP contribution in [0.4, 0.5) is 5.82 Å². The lowest BCUT2D eigenvalue weighted by atomic mass is 10.2. The predicted octanol–water partition coefficient (Wildman–Crippen LogP) is 2.82. The standard InChI is InChI=1S/C21H28N6O3S/c1-14(2)31-21-25-18(22-10-12-29-3)17-13-24-27(19(17)26-21)11-9-23-20(28)15-5-7-16(30-4)8-6-15/h5-8,13-14H,9-12H2,1-4H3,(H,23,28)(H,22,25,26). The lowest BCUT2D eigenvalue weighted by molar-refractivity contribution is 0.0952. The van der Waals surface area contributed by atoms with E-state index in [1.165, 1.54) is 0 Å². The molecule has 0 bridgehead atoms. The minimum absolute atomic E-state index is 0.147. The van der Waals surface area contributed by atoms with Gasteiger partial charge in [0.15, 0.2) is 10.8 Å². The highest BCUT2D eigenvalue weighted by Crippen LogP contribution is 2.26. The number of amides is 1. The maximum Gasteiger partial charge on any atom is 0.251 e. The second kappa shape index (κ2) is 11.0. The zero-order valence-corrected chi connectivity index (χ0v) is 19.0. The van der Waals surface area contributed by atoms with Gasteiger partial charge in [-0.3, -0.25) is 4.79 Å². The number of nitrogens with one attached hydrogen (secondary N) is 2. The van der Waals surface area contributed by atoms with Crippen molar-refractivity contribution in [2.24, 2.45) is 0 Å². The molecular formula is C21H28N6O3S. The van der Waals surface area contributed by atoms with E-state index in [1.807, 2.05) is 0 Å². The normalized spacial score (nSPS) is 11.1. The number of carbonyl (C=O) groups is 1. The average Bonchev–Trinajstić information content (AvgIpc) is 3.16. The van der Waals surface area contributed by atoms with Gasteiger partial charge in [-0.1, -0.05) is 25.6 Å². The summed E-state index contributed by atoms with van der Waals surface area (Å²) in [6.45, 7) is 6.32. The molecule has 0 saturated carbocycles. The largest absolute Gasteiger partial charge is 0.497 e. The summed E-state index contributed by atoms with van der Waals surface area (Å²) in [6, 6.07) is 6.99. The van der Waals surface area contributed by atoms with Gasteiger partial charge in [0, 0.05) is 31.0 Å². The van der Waals surface area contributed by atoms with E-state index in [9.17, 15) is 4.79 Å². The van der Waals surface area contributed by atoms with Crippen LogP contribution in [0.2, 0.25) is 0 Å². The van der Waals surface area contributed by atoms with Crippen LogP contribution in [0.15, 0.2) is 35.6 Å². The maximum absolute atomic E-state index is 12.4. The van der Waals surface area contributed by atoms with E-state index in [0.717, 1.165) is 16.9 Å². The summed E-state index contributed by atoms with van der Waals surface area (Å²) in [4.78, 5) is 21.7. The first kappa shape index (κ1) is 22.8. The molecular weight excluding hydrogens is 416 g/mol. The molecule has 1 amide bonds. The van der Waals surface area contributed by atoms with Crippen molar-refractivity contribution in [3.63, 3.8) is 0 Å². The second-order valence-electron chi connectivity index (χ2n) is 7.03. The summed E-state index contributed by atoms with van der Waals surface area (Å²) in [5.41, 5.74) is 1.31. The van der Waals surface area contributed by atoms with Crippen LogP contribution in [0, 0.1) is 0 Å². The van der Waals surface area contributed by atoms with Crippen molar-refractivity contribution < 1.29 is 14.3 Å². The molecule has 0 unspecified atom stereocenters. The first-order valence-electron chi connectivity index (χ1n) is 10.1. The van der Waals surface area contributed by atoms with Crippen molar-refractivity contribution in [1.29, 1.82) is 0 Å². The highest BCUT2D eigenvalue weighted by molar-refractivity contribution is 7.99. The van der Waals surface area contributed by atoms with Crippen LogP contribution < -0.4 is 15.4 Å². The zero-order valence-electron chi connectivity index (χ0n) is 18.2. The van der Waals surface area contributed by atoms with Crippen molar-refractivity contribution in [3.05, 3.63) is 36.0 Å². The molecule has 2 aromatic heterocycles. The van der Waals surface area contributed by atoms with Crippen LogP contribution in [0.1, 0.15) is 24.2 Å². The third-order valence-corrected chi connectivity index (χ3v) is 5.24. The van der Waals surface area contributed by atoms with Gasteiger partial charge < -0.3 is 20.1 Å². The number of carbonyl (C=O) groups excluding carboxylic acids is 1. The quantitative estimate of drug-likeness (QED) is 0.264. The molecule has 10 heteroatoms. The third-order valence-electron chi connectivity index (χ3n) is 4.38. The Labute approximate surface area is 185 Å².